The van der Waals surface area contributed by atoms with E-state index in [-0.39, 0.29) is 10.6 Å². The summed E-state index contributed by atoms with van der Waals surface area (Å²) in [6, 6.07) is 15.2. The van der Waals surface area contributed by atoms with Crippen LogP contribution in [-0.2, 0) is 14.8 Å². The van der Waals surface area contributed by atoms with Gasteiger partial charge >= 0.3 is 0 Å². The van der Waals surface area contributed by atoms with Gasteiger partial charge in [-0.05, 0) is 71.4 Å². The second-order valence-corrected chi connectivity index (χ2v) is 10.4. The number of rotatable bonds is 7. The number of nitrogens with one attached hydrogen (secondary N) is 1. The lowest BCUT2D eigenvalue weighted by Crippen LogP contribution is -2.38. The van der Waals surface area contributed by atoms with Gasteiger partial charge in [-0.15, -0.1) is 0 Å². The van der Waals surface area contributed by atoms with E-state index >= 15 is 0 Å². The van der Waals surface area contributed by atoms with Crippen molar-refractivity contribution in [2.45, 2.75) is 11.8 Å². The summed E-state index contributed by atoms with van der Waals surface area (Å²) in [7, 11) is -2.66. The number of benzene rings is 3. The molecule has 0 unspecified atom stereocenters. The SMILES string of the molecule is COc1ccc(S(=O)(=O)N(CC(=O)Nc2ccc(Br)cc2F)c2ccc(C)cc2)cc1Br. The van der Waals surface area contributed by atoms with Gasteiger partial charge in [0.1, 0.15) is 18.1 Å². The van der Waals surface area contributed by atoms with Crippen LogP contribution in [0.5, 0.6) is 5.75 Å². The molecular formula is C22H19Br2FN2O4S. The monoisotopic (exact) mass is 584 g/mol. The van der Waals surface area contributed by atoms with Crippen LogP contribution < -0.4 is 14.4 Å². The van der Waals surface area contributed by atoms with Crippen LogP contribution in [0.2, 0.25) is 0 Å². The molecule has 0 aliphatic heterocycles. The summed E-state index contributed by atoms with van der Waals surface area (Å²) in [6.45, 7) is 1.32. The minimum absolute atomic E-state index is 0.0339. The first-order chi connectivity index (χ1) is 15.1. The smallest absolute Gasteiger partial charge is 0.264 e. The molecule has 0 aliphatic rings. The molecule has 1 amide bonds. The first-order valence-electron chi connectivity index (χ1n) is 9.29. The summed E-state index contributed by atoms with van der Waals surface area (Å²) in [5.41, 5.74) is 1.18. The molecule has 32 heavy (non-hydrogen) atoms. The quantitative estimate of drug-likeness (QED) is 0.397. The predicted molar refractivity (Wildman–Crippen MR) is 129 cm³/mol. The Morgan fingerprint density at radius 3 is 2.34 bits per heavy atom. The molecule has 0 aromatic heterocycles. The number of methoxy groups -OCH3 is 1. The zero-order valence-electron chi connectivity index (χ0n) is 17.1. The minimum atomic E-state index is -4.13. The van der Waals surface area contributed by atoms with Gasteiger partial charge in [-0.2, -0.15) is 0 Å². The fourth-order valence-corrected chi connectivity index (χ4v) is 5.34. The first-order valence-corrected chi connectivity index (χ1v) is 12.3. The lowest BCUT2D eigenvalue weighted by Gasteiger charge is -2.24. The van der Waals surface area contributed by atoms with Gasteiger partial charge in [0, 0.05) is 4.47 Å². The highest BCUT2D eigenvalue weighted by Crippen LogP contribution is 2.31. The van der Waals surface area contributed by atoms with Gasteiger partial charge in [0.05, 0.1) is 27.9 Å². The fraction of sp³-hybridized carbons (Fsp3) is 0.136. The van der Waals surface area contributed by atoms with Gasteiger partial charge in [-0.3, -0.25) is 9.10 Å². The molecule has 0 saturated heterocycles. The number of nitrogens with zero attached hydrogens (tertiary/aromatic N) is 1. The number of carbonyl (C=O) groups excluding carboxylic acids is 1. The normalized spacial score (nSPS) is 11.2. The Kier molecular flexibility index (Phi) is 7.58. The largest absolute Gasteiger partial charge is 0.496 e. The van der Waals surface area contributed by atoms with Crippen molar-refractivity contribution in [3.05, 3.63) is 81.0 Å². The fourth-order valence-electron chi connectivity index (χ4n) is 2.87. The summed E-state index contributed by atoms with van der Waals surface area (Å²) in [6.07, 6.45) is 0. The van der Waals surface area contributed by atoms with Crippen LogP contribution in [0.4, 0.5) is 15.8 Å². The molecular weight excluding hydrogens is 567 g/mol. The number of hydrogen-bond donors (Lipinski definition) is 1. The number of hydrogen-bond acceptors (Lipinski definition) is 4. The Bertz CT molecular complexity index is 1250. The van der Waals surface area contributed by atoms with E-state index < -0.39 is 28.3 Å². The Morgan fingerprint density at radius 1 is 1.06 bits per heavy atom. The zero-order chi connectivity index (χ0) is 23.5. The maximum absolute atomic E-state index is 14.1. The van der Waals surface area contributed by atoms with Gasteiger partial charge in [-0.25, -0.2) is 12.8 Å². The molecule has 0 saturated carbocycles. The molecule has 0 fully saturated rings. The lowest BCUT2D eigenvalue weighted by atomic mass is 10.2. The van der Waals surface area contributed by atoms with Crippen molar-refractivity contribution in [2.75, 3.05) is 23.3 Å². The van der Waals surface area contributed by atoms with Crippen LogP contribution in [0.15, 0.2) is 74.5 Å². The van der Waals surface area contributed by atoms with E-state index in [1.807, 2.05) is 6.92 Å². The molecule has 168 valence electrons. The van der Waals surface area contributed by atoms with Crippen LogP contribution in [0.3, 0.4) is 0 Å². The highest BCUT2D eigenvalue weighted by Gasteiger charge is 2.28. The van der Waals surface area contributed by atoms with E-state index in [0.717, 1.165) is 9.87 Å². The van der Waals surface area contributed by atoms with E-state index in [4.69, 9.17) is 4.74 Å². The van der Waals surface area contributed by atoms with Crippen LogP contribution in [0.25, 0.3) is 0 Å². The molecule has 0 spiro atoms. The highest BCUT2D eigenvalue weighted by molar-refractivity contribution is 9.10. The van der Waals surface area contributed by atoms with Crippen LogP contribution >= 0.6 is 31.9 Å². The molecule has 3 rings (SSSR count). The number of sulfonamides is 1. The van der Waals surface area contributed by atoms with Crippen LogP contribution in [0, 0.1) is 12.7 Å². The van der Waals surface area contributed by atoms with Crippen molar-refractivity contribution < 1.29 is 22.3 Å². The Hall–Kier alpha value is -2.43. The van der Waals surface area contributed by atoms with Gasteiger partial charge in [0.15, 0.2) is 0 Å². The van der Waals surface area contributed by atoms with Crippen molar-refractivity contribution in [3.8, 4) is 5.75 Å². The van der Waals surface area contributed by atoms with E-state index in [1.165, 1.54) is 37.4 Å². The molecule has 0 heterocycles. The third-order valence-corrected chi connectivity index (χ3v) is 7.41. The summed E-state index contributed by atoms with van der Waals surface area (Å²) in [5, 5.41) is 2.43. The van der Waals surface area contributed by atoms with Crippen molar-refractivity contribution >= 4 is 59.2 Å². The topological polar surface area (TPSA) is 75.7 Å². The van der Waals surface area contributed by atoms with Crippen molar-refractivity contribution in [3.63, 3.8) is 0 Å². The third-order valence-electron chi connectivity index (χ3n) is 4.53. The van der Waals surface area contributed by atoms with Gasteiger partial charge in [0.2, 0.25) is 5.91 Å². The number of carbonyl (C=O) groups is 1. The van der Waals surface area contributed by atoms with Crippen molar-refractivity contribution in [1.82, 2.24) is 0 Å². The number of amides is 1. The summed E-state index contributed by atoms with van der Waals surface area (Å²) < 4.78 is 48.2. The molecule has 3 aromatic rings. The molecule has 0 atom stereocenters. The summed E-state index contributed by atoms with van der Waals surface area (Å²) >= 11 is 6.44. The van der Waals surface area contributed by atoms with Gasteiger partial charge < -0.3 is 10.1 Å². The molecule has 0 bridgehead atoms. The number of ether oxygens (including phenoxy) is 1. The maximum atomic E-state index is 14.1. The zero-order valence-corrected chi connectivity index (χ0v) is 21.1. The number of anilines is 2. The Balaban J connectivity index is 1.97. The molecule has 10 heteroatoms. The van der Waals surface area contributed by atoms with Crippen LogP contribution in [-0.4, -0.2) is 28.0 Å². The third kappa shape index (κ3) is 5.48. The van der Waals surface area contributed by atoms with Crippen molar-refractivity contribution in [2.24, 2.45) is 0 Å². The molecule has 0 aliphatic carbocycles. The average Bonchev–Trinajstić information content (AvgIpc) is 2.74. The van der Waals surface area contributed by atoms with E-state index in [9.17, 15) is 17.6 Å². The maximum Gasteiger partial charge on any atom is 0.264 e. The average molecular weight is 586 g/mol. The highest BCUT2D eigenvalue weighted by atomic mass is 79.9. The Morgan fingerprint density at radius 2 is 1.75 bits per heavy atom. The van der Waals surface area contributed by atoms with E-state index in [1.54, 1.807) is 30.3 Å². The summed E-state index contributed by atoms with van der Waals surface area (Å²) in [5.74, 6) is -0.867. The predicted octanol–water partition coefficient (Wildman–Crippen LogP) is 5.50. The first kappa shape index (κ1) is 24.2. The minimum Gasteiger partial charge on any atom is -0.496 e. The molecule has 3 aromatic carbocycles. The standard InChI is InChI=1S/C22H19Br2FN2O4S/c1-14-3-6-16(7-4-14)27(13-22(28)26-20-9-5-15(23)11-19(20)25)32(29,30)17-8-10-21(31-2)18(24)12-17/h3-12H,13H2,1-2H3,(H,26,28). The Labute approximate surface area is 202 Å². The molecule has 0 radical (unpaired) electrons. The summed E-state index contributed by atoms with van der Waals surface area (Å²) in [4.78, 5) is 12.7. The van der Waals surface area contributed by atoms with Crippen LogP contribution in [0.1, 0.15) is 5.56 Å². The lowest BCUT2D eigenvalue weighted by molar-refractivity contribution is -0.114. The number of halogens is 3. The number of aryl methyl sites for hydroxylation is 1. The second-order valence-electron chi connectivity index (χ2n) is 6.82. The second kappa shape index (κ2) is 10.0. The van der Waals surface area contributed by atoms with E-state index in [0.29, 0.717) is 20.4 Å². The van der Waals surface area contributed by atoms with Gasteiger partial charge in [0.25, 0.3) is 10.0 Å². The van der Waals surface area contributed by atoms with Gasteiger partial charge in [-0.1, -0.05) is 33.6 Å². The van der Waals surface area contributed by atoms with Crippen molar-refractivity contribution in [1.29, 1.82) is 0 Å². The molecule has 1 N–H and O–H groups in total. The molecule has 6 nitrogen and oxygen atoms in total. The van der Waals surface area contributed by atoms with E-state index in [2.05, 4.69) is 37.2 Å².